The lowest BCUT2D eigenvalue weighted by Crippen LogP contribution is -2.46. The largest absolute Gasteiger partial charge is 0.466 e. The summed E-state index contributed by atoms with van der Waals surface area (Å²) < 4.78 is 5.75. The highest BCUT2D eigenvalue weighted by atomic mass is 35.5. The van der Waals surface area contributed by atoms with Gasteiger partial charge in [0.05, 0.1) is 40.4 Å². The molecule has 7 nitrogen and oxygen atoms in total. The van der Waals surface area contributed by atoms with Crippen LogP contribution in [0.4, 0.5) is 0 Å². The van der Waals surface area contributed by atoms with Gasteiger partial charge in [-0.2, -0.15) is 0 Å². The Kier molecular flexibility index (Phi) is 7.85. The van der Waals surface area contributed by atoms with Gasteiger partial charge in [0.2, 0.25) is 11.8 Å². The SMILES string of the molecule is CCOC(=O)C1CCN(C(=O)CN(C)C(=O)Cc2csc(-c3ccc(Cl)s3)n2)CC1. The van der Waals surface area contributed by atoms with Gasteiger partial charge in [0, 0.05) is 25.5 Å². The minimum absolute atomic E-state index is 0.0143. The predicted octanol–water partition coefficient (Wildman–Crippen LogP) is 3.33. The van der Waals surface area contributed by atoms with Crippen LogP contribution in [0.3, 0.4) is 0 Å². The smallest absolute Gasteiger partial charge is 0.309 e. The molecule has 2 aromatic rings. The first kappa shape index (κ1) is 22.7. The third-order valence-corrected chi connectivity index (χ3v) is 7.23. The molecular formula is C20H24ClN3O4S2. The van der Waals surface area contributed by atoms with Gasteiger partial charge in [-0.05, 0) is 31.9 Å². The molecule has 0 bridgehead atoms. The van der Waals surface area contributed by atoms with Crippen molar-refractivity contribution in [1.82, 2.24) is 14.8 Å². The number of esters is 1. The second-order valence-corrected chi connectivity index (χ2v) is 9.65. The molecule has 0 unspecified atom stereocenters. The highest BCUT2D eigenvalue weighted by Crippen LogP contribution is 2.33. The van der Waals surface area contributed by atoms with E-state index in [1.807, 2.05) is 17.5 Å². The van der Waals surface area contributed by atoms with Gasteiger partial charge in [-0.1, -0.05) is 11.6 Å². The monoisotopic (exact) mass is 469 g/mol. The molecule has 0 radical (unpaired) electrons. The zero-order valence-electron chi connectivity index (χ0n) is 16.9. The van der Waals surface area contributed by atoms with Gasteiger partial charge >= 0.3 is 5.97 Å². The fraction of sp³-hybridized carbons (Fsp3) is 0.500. The molecule has 1 saturated heterocycles. The van der Waals surface area contributed by atoms with E-state index in [-0.39, 0.29) is 36.7 Å². The van der Waals surface area contributed by atoms with Crippen LogP contribution in [0.2, 0.25) is 4.34 Å². The number of thiophene rings is 1. The number of carbonyl (C=O) groups excluding carboxylic acids is 3. The molecule has 1 fully saturated rings. The first-order chi connectivity index (χ1) is 14.4. The Morgan fingerprint density at radius 3 is 2.67 bits per heavy atom. The Hall–Kier alpha value is -1.97. The first-order valence-electron chi connectivity index (χ1n) is 9.75. The number of piperidine rings is 1. The van der Waals surface area contributed by atoms with E-state index in [4.69, 9.17) is 16.3 Å². The third-order valence-electron chi connectivity index (χ3n) is 4.93. The zero-order valence-corrected chi connectivity index (χ0v) is 19.3. The highest BCUT2D eigenvalue weighted by Gasteiger charge is 2.29. The van der Waals surface area contributed by atoms with Crippen LogP contribution < -0.4 is 0 Å². The average Bonchev–Trinajstić information content (AvgIpc) is 3.37. The topological polar surface area (TPSA) is 79.8 Å². The van der Waals surface area contributed by atoms with Crippen LogP contribution >= 0.6 is 34.3 Å². The number of amides is 2. The first-order valence-corrected chi connectivity index (χ1v) is 11.8. The summed E-state index contributed by atoms with van der Waals surface area (Å²) >= 11 is 8.88. The lowest BCUT2D eigenvalue weighted by atomic mass is 9.97. The van der Waals surface area contributed by atoms with Crippen molar-refractivity contribution >= 4 is 52.1 Å². The normalized spacial score (nSPS) is 14.6. The van der Waals surface area contributed by atoms with Gasteiger partial charge in [-0.3, -0.25) is 14.4 Å². The average molecular weight is 470 g/mol. The van der Waals surface area contributed by atoms with Gasteiger partial charge in [0.1, 0.15) is 5.01 Å². The maximum absolute atomic E-state index is 12.6. The van der Waals surface area contributed by atoms with E-state index in [2.05, 4.69) is 4.98 Å². The van der Waals surface area contributed by atoms with Gasteiger partial charge in [0.25, 0.3) is 0 Å². The van der Waals surface area contributed by atoms with Gasteiger partial charge < -0.3 is 14.5 Å². The summed E-state index contributed by atoms with van der Waals surface area (Å²) in [5, 5.41) is 2.69. The molecule has 0 N–H and O–H groups in total. The molecule has 162 valence electrons. The number of thiazole rings is 1. The molecule has 10 heteroatoms. The molecule has 0 aromatic carbocycles. The number of hydrogen-bond donors (Lipinski definition) is 0. The minimum Gasteiger partial charge on any atom is -0.466 e. The Bertz CT molecular complexity index is 906. The van der Waals surface area contributed by atoms with Crippen molar-refractivity contribution in [2.45, 2.75) is 26.2 Å². The minimum atomic E-state index is -0.190. The van der Waals surface area contributed by atoms with Crippen LogP contribution in [0.5, 0.6) is 0 Å². The molecule has 0 atom stereocenters. The van der Waals surface area contributed by atoms with Crippen LogP contribution in [0.15, 0.2) is 17.5 Å². The van der Waals surface area contributed by atoms with Crippen molar-refractivity contribution in [3.8, 4) is 9.88 Å². The number of aromatic nitrogens is 1. The van der Waals surface area contributed by atoms with E-state index in [9.17, 15) is 14.4 Å². The molecule has 3 heterocycles. The standard InChI is InChI=1S/C20H24ClN3O4S2/c1-3-28-20(27)13-6-8-24(9-7-13)18(26)11-23(2)17(25)10-14-12-29-19(22-14)15-4-5-16(21)30-15/h4-5,12-13H,3,6-11H2,1-2H3. The summed E-state index contributed by atoms with van der Waals surface area (Å²) in [4.78, 5) is 45.5. The zero-order chi connectivity index (χ0) is 21.7. The lowest BCUT2D eigenvalue weighted by molar-refractivity contribution is -0.151. The molecule has 3 rings (SSSR count). The summed E-state index contributed by atoms with van der Waals surface area (Å²) in [7, 11) is 1.62. The van der Waals surface area contributed by atoms with Gasteiger partial charge in [0.15, 0.2) is 0 Å². The van der Waals surface area contributed by atoms with Crippen molar-refractivity contribution in [2.75, 3.05) is 33.3 Å². The second-order valence-electron chi connectivity index (χ2n) is 7.08. The predicted molar refractivity (Wildman–Crippen MR) is 118 cm³/mol. The maximum atomic E-state index is 12.6. The van der Waals surface area contributed by atoms with Crippen LogP contribution in [0.1, 0.15) is 25.5 Å². The number of halogens is 1. The summed E-state index contributed by atoms with van der Waals surface area (Å²) in [6.45, 7) is 3.17. The van der Waals surface area contributed by atoms with E-state index >= 15 is 0 Å². The number of rotatable bonds is 7. The van der Waals surface area contributed by atoms with Crippen molar-refractivity contribution in [2.24, 2.45) is 5.92 Å². The summed E-state index contributed by atoms with van der Waals surface area (Å²) in [6, 6.07) is 3.73. The fourth-order valence-electron chi connectivity index (χ4n) is 3.24. The summed E-state index contributed by atoms with van der Waals surface area (Å²) in [6.07, 6.45) is 1.33. The molecule has 0 saturated carbocycles. The quantitative estimate of drug-likeness (QED) is 0.581. The number of hydrogen-bond acceptors (Lipinski definition) is 7. The Balaban J connectivity index is 1.47. The summed E-state index contributed by atoms with van der Waals surface area (Å²) in [5.41, 5.74) is 0.680. The molecule has 0 aliphatic carbocycles. The lowest BCUT2D eigenvalue weighted by Gasteiger charge is -2.32. The van der Waals surface area contributed by atoms with E-state index in [1.54, 1.807) is 18.9 Å². The molecule has 30 heavy (non-hydrogen) atoms. The molecule has 0 spiro atoms. The fourth-order valence-corrected chi connectivity index (χ4v) is 5.17. The Morgan fingerprint density at radius 1 is 1.30 bits per heavy atom. The molecular weight excluding hydrogens is 446 g/mol. The number of likely N-dealkylation sites (tertiary alicyclic amines) is 1. The van der Waals surface area contributed by atoms with E-state index < -0.39 is 0 Å². The Labute approximate surface area is 188 Å². The second kappa shape index (κ2) is 10.4. The molecule has 1 aliphatic heterocycles. The number of nitrogens with zero attached hydrogens (tertiary/aromatic N) is 3. The number of likely N-dealkylation sites (N-methyl/N-ethyl adjacent to an activating group) is 1. The van der Waals surface area contributed by atoms with Gasteiger partial charge in [-0.25, -0.2) is 4.98 Å². The molecule has 2 amide bonds. The number of carbonyl (C=O) groups is 3. The molecule has 2 aromatic heterocycles. The Morgan fingerprint density at radius 2 is 2.03 bits per heavy atom. The van der Waals surface area contributed by atoms with Crippen LogP contribution in [0.25, 0.3) is 9.88 Å². The van der Waals surface area contributed by atoms with Crippen molar-refractivity contribution in [3.05, 3.63) is 27.5 Å². The van der Waals surface area contributed by atoms with Gasteiger partial charge in [-0.15, -0.1) is 22.7 Å². The molecule has 1 aliphatic rings. The highest BCUT2D eigenvalue weighted by molar-refractivity contribution is 7.23. The van der Waals surface area contributed by atoms with Crippen LogP contribution in [-0.2, 0) is 25.5 Å². The van der Waals surface area contributed by atoms with E-state index in [0.29, 0.717) is 42.6 Å². The summed E-state index contributed by atoms with van der Waals surface area (Å²) in [5.74, 6) is -0.610. The van der Waals surface area contributed by atoms with Crippen molar-refractivity contribution < 1.29 is 19.1 Å². The third kappa shape index (κ3) is 5.80. The van der Waals surface area contributed by atoms with Crippen molar-refractivity contribution in [3.63, 3.8) is 0 Å². The number of ether oxygens (including phenoxy) is 1. The van der Waals surface area contributed by atoms with E-state index in [1.165, 1.54) is 27.6 Å². The van der Waals surface area contributed by atoms with Crippen LogP contribution in [0, 0.1) is 5.92 Å². The maximum Gasteiger partial charge on any atom is 0.309 e. The van der Waals surface area contributed by atoms with E-state index in [0.717, 1.165) is 9.88 Å². The van der Waals surface area contributed by atoms with Crippen LogP contribution in [-0.4, -0.2) is 65.9 Å². The van der Waals surface area contributed by atoms with Crippen molar-refractivity contribution in [1.29, 1.82) is 0 Å².